The summed E-state index contributed by atoms with van der Waals surface area (Å²) in [7, 11) is 0. The molecule has 2 aliphatic heterocycles. The van der Waals surface area contributed by atoms with Crippen molar-refractivity contribution in [3.05, 3.63) is 47.8 Å². The third-order valence-electron chi connectivity index (χ3n) is 5.24. The van der Waals surface area contributed by atoms with Crippen molar-refractivity contribution in [3.8, 4) is 6.07 Å². The average molecular weight is 423 g/mol. The first kappa shape index (κ1) is 21.0. The Morgan fingerprint density at radius 1 is 1.23 bits per heavy atom. The predicted octanol–water partition coefficient (Wildman–Crippen LogP) is 2.84. The topological polar surface area (TPSA) is 118 Å². The molecule has 2 aliphatic rings. The average Bonchev–Trinajstić information content (AvgIpc) is 3.31. The number of benzene rings is 1. The van der Waals surface area contributed by atoms with Crippen molar-refractivity contribution in [3.63, 3.8) is 0 Å². The number of carbonyl (C=O) groups is 1. The number of rotatable bonds is 4. The van der Waals surface area contributed by atoms with E-state index in [1.165, 1.54) is 0 Å². The lowest BCUT2D eigenvalue weighted by Gasteiger charge is -2.20. The van der Waals surface area contributed by atoms with Crippen LogP contribution >= 0.6 is 0 Å². The normalized spacial score (nSPS) is 24.8. The number of amides is 1. The van der Waals surface area contributed by atoms with Crippen molar-refractivity contribution < 1.29 is 19.0 Å². The van der Waals surface area contributed by atoms with Crippen molar-refractivity contribution in [1.82, 2.24) is 9.97 Å². The van der Waals surface area contributed by atoms with Crippen LogP contribution in [0.25, 0.3) is 0 Å². The van der Waals surface area contributed by atoms with Gasteiger partial charge in [-0.05, 0) is 24.3 Å². The van der Waals surface area contributed by atoms with Crippen molar-refractivity contribution in [2.24, 2.45) is 0 Å². The largest absolute Gasteiger partial charge is 0.441 e. The second kappa shape index (κ2) is 8.49. The number of nitrogens with zero attached hydrogens (tertiary/aromatic N) is 3. The molecule has 4 unspecified atom stereocenters. The Morgan fingerprint density at radius 3 is 2.81 bits per heavy atom. The molecule has 0 bridgehead atoms. The molecule has 3 heterocycles. The minimum absolute atomic E-state index is 0.0863. The Labute approximate surface area is 180 Å². The fourth-order valence-corrected chi connectivity index (χ4v) is 3.65. The van der Waals surface area contributed by atoms with E-state index in [2.05, 4.69) is 41.4 Å². The molecule has 0 saturated carbocycles. The van der Waals surface area contributed by atoms with Gasteiger partial charge in [-0.25, -0.2) is 14.8 Å². The summed E-state index contributed by atoms with van der Waals surface area (Å²) in [6, 6.07) is 10.4. The third-order valence-corrected chi connectivity index (χ3v) is 5.24. The maximum Gasteiger partial charge on any atom is 0.412 e. The van der Waals surface area contributed by atoms with Gasteiger partial charge in [0.25, 0.3) is 0 Å². The molecule has 4 rings (SSSR count). The Kier molecular flexibility index (Phi) is 5.76. The maximum atomic E-state index is 12.3. The van der Waals surface area contributed by atoms with Gasteiger partial charge in [-0.3, -0.25) is 5.32 Å². The molecule has 2 saturated heterocycles. The van der Waals surface area contributed by atoms with E-state index >= 15 is 0 Å². The van der Waals surface area contributed by atoms with Crippen LogP contribution in [0.5, 0.6) is 0 Å². The summed E-state index contributed by atoms with van der Waals surface area (Å²) in [5.41, 5.74) is 1.79. The number of hydrogen-bond acceptors (Lipinski definition) is 8. The first-order chi connectivity index (χ1) is 14.8. The molecule has 9 nitrogen and oxygen atoms in total. The lowest BCUT2D eigenvalue weighted by atomic mass is 9.92. The van der Waals surface area contributed by atoms with E-state index in [-0.39, 0.29) is 30.3 Å². The number of anilines is 2. The second-order valence-corrected chi connectivity index (χ2v) is 8.62. The molecular weight excluding hydrogens is 398 g/mol. The van der Waals surface area contributed by atoms with Crippen LogP contribution in [0, 0.1) is 11.3 Å². The van der Waals surface area contributed by atoms with E-state index in [0.717, 1.165) is 5.69 Å². The fourth-order valence-electron chi connectivity index (χ4n) is 3.65. The van der Waals surface area contributed by atoms with Crippen LogP contribution < -0.4 is 10.6 Å². The van der Waals surface area contributed by atoms with E-state index in [1.807, 2.05) is 12.1 Å². The fraction of sp³-hybridized carbons (Fsp3) is 0.455. The summed E-state index contributed by atoms with van der Waals surface area (Å²) in [6.07, 6.45) is -0.0690. The predicted molar refractivity (Wildman–Crippen MR) is 113 cm³/mol. The van der Waals surface area contributed by atoms with Gasteiger partial charge in [0.1, 0.15) is 12.2 Å². The molecule has 31 heavy (non-hydrogen) atoms. The first-order valence-electron chi connectivity index (χ1n) is 10.1. The van der Waals surface area contributed by atoms with Gasteiger partial charge in [-0.1, -0.05) is 26.8 Å². The summed E-state index contributed by atoms with van der Waals surface area (Å²) in [6.45, 7) is 6.92. The number of hydrogen-bond donors (Lipinski definition) is 2. The molecular formula is C22H25N5O4. The van der Waals surface area contributed by atoms with E-state index in [4.69, 9.17) is 19.5 Å². The molecule has 2 N–H and O–H groups in total. The lowest BCUT2D eigenvalue weighted by molar-refractivity contribution is 0.00917. The van der Waals surface area contributed by atoms with Gasteiger partial charge in [0, 0.05) is 17.3 Å². The van der Waals surface area contributed by atoms with Gasteiger partial charge in [0.2, 0.25) is 5.95 Å². The Balaban J connectivity index is 1.35. The molecule has 1 aromatic heterocycles. The van der Waals surface area contributed by atoms with Crippen LogP contribution in [-0.4, -0.2) is 53.6 Å². The Bertz CT molecular complexity index is 1000. The van der Waals surface area contributed by atoms with Gasteiger partial charge in [0.15, 0.2) is 6.10 Å². The smallest absolute Gasteiger partial charge is 0.412 e. The van der Waals surface area contributed by atoms with E-state index in [0.29, 0.717) is 23.8 Å². The molecule has 1 amide bonds. The highest BCUT2D eigenvalue weighted by Gasteiger charge is 2.49. The summed E-state index contributed by atoms with van der Waals surface area (Å²) >= 11 is 0. The number of fused-ring (bicyclic) bond motifs is 1. The quantitative estimate of drug-likeness (QED) is 0.771. The van der Waals surface area contributed by atoms with E-state index in [1.54, 1.807) is 30.5 Å². The zero-order valence-electron chi connectivity index (χ0n) is 17.7. The molecule has 9 heteroatoms. The third kappa shape index (κ3) is 4.76. The van der Waals surface area contributed by atoms with Gasteiger partial charge in [0.05, 0.1) is 36.6 Å². The van der Waals surface area contributed by atoms with Crippen LogP contribution in [0.1, 0.15) is 32.0 Å². The molecule has 162 valence electrons. The van der Waals surface area contributed by atoms with Gasteiger partial charge < -0.3 is 19.5 Å². The second-order valence-electron chi connectivity index (χ2n) is 8.62. The first-order valence-corrected chi connectivity index (χ1v) is 10.1. The summed E-state index contributed by atoms with van der Waals surface area (Å²) in [4.78, 5) is 21.2. The minimum atomic E-state index is -0.620. The van der Waals surface area contributed by atoms with Crippen LogP contribution in [0.4, 0.5) is 16.4 Å². The molecule has 0 spiro atoms. The number of aromatic nitrogens is 2. The molecule has 4 atom stereocenters. The number of ether oxygens (including phenoxy) is 3. The zero-order chi connectivity index (χ0) is 22.0. The van der Waals surface area contributed by atoms with E-state index < -0.39 is 12.2 Å². The van der Waals surface area contributed by atoms with Gasteiger partial charge >= 0.3 is 6.09 Å². The zero-order valence-corrected chi connectivity index (χ0v) is 17.7. The Hall–Kier alpha value is -3.22. The lowest BCUT2D eigenvalue weighted by Crippen LogP contribution is -2.38. The molecule has 0 aliphatic carbocycles. The van der Waals surface area contributed by atoms with Crippen molar-refractivity contribution in [1.29, 1.82) is 5.26 Å². The monoisotopic (exact) mass is 423 g/mol. The summed E-state index contributed by atoms with van der Waals surface area (Å²) < 4.78 is 17.3. The van der Waals surface area contributed by atoms with Crippen molar-refractivity contribution in [2.75, 3.05) is 23.8 Å². The summed E-state index contributed by atoms with van der Waals surface area (Å²) in [5.74, 6) is 0.518. The van der Waals surface area contributed by atoms with Crippen molar-refractivity contribution in [2.45, 2.75) is 50.5 Å². The highest BCUT2D eigenvalue weighted by molar-refractivity contribution is 5.85. The minimum Gasteiger partial charge on any atom is -0.441 e. The SMILES string of the molecule is CC(C)(C)c1ccnc(NC2COC3C(OC(=O)Nc4cccc(C#N)c4)COC23)n1. The number of carbonyl (C=O) groups excluding carboxylic acids is 1. The van der Waals surface area contributed by atoms with E-state index in [9.17, 15) is 4.79 Å². The van der Waals surface area contributed by atoms with Crippen LogP contribution in [0.3, 0.4) is 0 Å². The number of nitriles is 1. The maximum absolute atomic E-state index is 12.3. The van der Waals surface area contributed by atoms with Crippen molar-refractivity contribution >= 4 is 17.7 Å². The van der Waals surface area contributed by atoms with Crippen LogP contribution in [-0.2, 0) is 19.6 Å². The van der Waals surface area contributed by atoms with Gasteiger partial charge in [-0.15, -0.1) is 0 Å². The molecule has 0 radical (unpaired) electrons. The molecule has 1 aromatic carbocycles. The molecule has 2 fully saturated rings. The highest BCUT2D eigenvalue weighted by atomic mass is 16.6. The standard InChI is InChI=1S/C22H25N5O4/c1-22(2,3)17-7-8-24-20(27-17)26-15-11-29-19-16(12-30-18(15)19)31-21(28)25-14-6-4-5-13(9-14)10-23/h4-9,15-16,18-19H,11-12H2,1-3H3,(H,25,28)(H,24,26,27). The summed E-state index contributed by atoms with van der Waals surface area (Å²) in [5, 5.41) is 14.9. The molecule has 2 aromatic rings. The Morgan fingerprint density at radius 2 is 2.03 bits per heavy atom. The number of nitrogens with one attached hydrogen (secondary N) is 2. The van der Waals surface area contributed by atoms with Gasteiger partial charge in [-0.2, -0.15) is 5.26 Å². The highest BCUT2D eigenvalue weighted by Crippen LogP contribution is 2.31. The van der Waals surface area contributed by atoms with Crippen LogP contribution in [0.15, 0.2) is 36.5 Å². The van der Waals surface area contributed by atoms with Crippen LogP contribution in [0.2, 0.25) is 0 Å².